The van der Waals surface area contributed by atoms with E-state index in [1.165, 1.54) is 12.8 Å². The van der Waals surface area contributed by atoms with Crippen molar-refractivity contribution in [1.29, 1.82) is 0 Å². The van der Waals surface area contributed by atoms with Crippen molar-refractivity contribution in [2.75, 3.05) is 13.2 Å². The predicted octanol–water partition coefficient (Wildman–Crippen LogP) is 4.92. The third-order valence-electron chi connectivity index (χ3n) is 5.64. The van der Waals surface area contributed by atoms with E-state index in [9.17, 15) is 0 Å². The maximum absolute atomic E-state index is 5.64. The van der Waals surface area contributed by atoms with Gasteiger partial charge in [0.15, 0.2) is 0 Å². The molecule has 0 atom stereocenters. The molecule has 2 heterocycles. The molecule has 2 nitrogen and oxygen atoms in total. The van der Waals surface area contributed by atoms with E-state index in [-0.39, 0.29) is 11.2 Å². The minimum atomic E-state index is 0.222. The maximum Gasteiger partial charge on any atom is 0.0749 e. The first kappa shape index (κ1) is 18.0. The third-order valence-corrected chi connectivity index (χ3v) is 5.64. The highest BCUT2D eigenvalue weighted by atomic mass is 16.5. The molecule has 0 bridgehead atoms. The molecule has 2 aliphatic rings. The summed E-state index contributed by atoms with van der Waals surface area (Å²) < 4.78 is 11.3. The number of hydrogen-bond acceptors (Lipinski definition) is 2. The normalized spacial score (nSPS) is 23.4. The average Bonchev–Trinajstić information content (AvgIpc) is 2.10. The molecule has 0 saturated carbocycles. The zero-order valence-corrected chi connectivity index (χ0v) is 15.0. The van der Waals surface area contributed by atoms with Crippen LogP contribution in [-0.2, 0) is 9.47 Å². The summed E-state index contributed by atoms with van der Waals surface area (Å²) >= 11 is 0. The molecule has 0 N–H and O–H groups in total. The SMILES string of the molecule is CC(C)C1(C(C)C)CCO1.CC(C)C1(C(C)C)CCO1. The minimum Gasteiger partial charge on any atom is -0.374 e. The molecule has 0 radical (unpaired) electrons. The lowest BCUT2D eigenvalue weighted by Gasteiger charge is -2.48. The zero-order chi connectivity index (χ0) is 15.6. The van der Waals surface area contributed by atoms with Crippen LogP contribution >= 0.6 is 0 Å². The van der Waals surface area contributed by atoms with Crippen molar-refractivity contribution in [3.05, 3.63) is 0 Å². The van der Waals surface area contributed by atoms with Crippen LogP contribution in [-0.4, -0.2) is 24.4 Å². The van der Waals surface area contributed by atoms with E-state index in [0.717, 1.165) is 13.2 Å². The highest BCUT2D eigenvalue weighted by Gasteiger charge is 2.44. The molecule has 0 aromatic carbocycles. The Morgan fingerprint density at radius 3 is 0.750 bits per heavy atom. The van der Waals surface area contributed by atoms with E-state index >= 15 is 0 Å². The molecule has 120 valence electrons. The summed E-state index contributed by atoms with van der Waals surface area (Å²) in [7, 11) is 0. The minimum absolute atomic E-state index is 0.222. The molecule has 2 rings (SSSR count). The Morgan fingerprint density at radius 2 is 0.750 bits per heavy atom. The summed E-state index contributed by atoms with van der Waals surface area (Å²) in [4.78, 5) is 0. The van der Waals surface area contributed by atoms with Crippen molar-refractivity contribution in [3.8, 4) is 0 Å². The number of ether oxygens (including phenoxy) is 2. The Morgan fingerprint density at radius 1 is 0.550 bits per heavy atom. The lowest BCUT2D eigenvalue weighted by atomic mass is 9.75. The molecule has 0 spiro atoms. The molecule has 2 fully saturated rings. The largest absolute Gasteiger partial charge is 0.374 e. The lowest BCUT2D eigenvalue weighted by Crippen LogP contribution is -2.52. The maximum atomic E-state index is 5.64. The second-order valence-electron chi connectivity index (χ2n) is 7.73. The van der Waals surface area contributed by atoms with Gasteiger partial charge in [0, 0.05) is 12.8 Å². The Hall–Kier alpha value is -0.0800. The molecular weight excluding hydrogens is 248 g/mol. The second-order valence-corrected chi connectivity index (χ2v) is 7.73. The van der Waals surface area contributed by atoms with Crippen LogP contribution in [0.2, 0.25) is 0 Å². The van der Waals surface area contributed by atoms with Gasteiger partial charge in [0.05, 0.1) is 24.4 Å². The van der Waals surface area contributed by atoms with Gasteiger partial charge in [-0.2, -0.15) is 0 Å². The van der Waals surface area contributed by atoms with Crippen molar-refractivity contribution >= 4 is 0 Å². The summed E-state index contributed by atoms with van der Waals surface area (Å²) in [6.45, 7) is 19.9. The third kappa shape index (κ3) is 3.22. The first-order chi connectivity index (χ1) is 9.19. The van der Waals surface area contributed by atoms with Gasteiger partial charge < -0.3 is 9.47 Å². The van der Waals surface area contributed by atoms with Crippen molar-refractivity contribution < 1.29 is 9.47 Å². The topological polar surface area (TPSA) is 18.5 Å². The molecule has 2 aliphatic heterocycles. The van der Waals surface area contributed by atoms with Gasteiger partial charge in [-0.25, -0.2) is 0 Å². The van der Waals surface area contributed by atoms with Crippen LogP contribution in [0, 0.1) is 23.7 Å². The molecule has 0 unspecified atom stereocenters. The van der Waals surface area contributed by atoms with E-state index in [1.54, 1.807) is 0 Å². The second kappa shape index (κ2) is 6.79. The number of hydrogen-bond donors (Lipinski definition) is 0. The van der Waals surface area contributed by atoms with E-state index in [2.05, 4.69) is 55.4 Å². The van der Waals surface area contributed by atoms with Crippen LogP contribution < -0.4 is 0 Å². The molecule has 0 amide bonds. The molecule has 0 aliphatic carbocycles. The van der Waals surface area contributed by atoms with E-state index in [1.807, 2.05) is 0 Å². The Bertz CT molecular complexity index is 234. The highest BCUT2D eigenvalue weighted by molar-refractivity contribution is 4.93. The number of rotatable bonds is 4. The van der Waals surface area contributed by atoms with Crippen molar-refractivity contribution in [2.45, 2.75) is 79.4 Å². The fraction of sp³-hybridized carbons (Fsp3) is 1.00. The Kier molecular flexibility index (Phi) is 6.10. The molecule has 2 heteroatoms. The smallest absolute Gasteiger partial charge is 0.0749 e. The predicted molar refractivity (Wildman–Crippen MR) is 86.0 cm³/mol. The van der Waals surface area contributed by atoms with Gasteiger partial charge in [-0.15, -0.1) is 0 Å². The van der Waals surface area contributed by atoms with Crippen molar-refractivity contribution in [2.24, 2.45) is 23.7 Å². The quantitative estimate of drug-likeness (QED) is 0.730. The van der Waals surface area contributed by atoms with Crippen LogP contribution in [0.3, 0.4) is 0 Å². The molecule has 0 aromatic rings. The van der Waals surface area contributed by atoms with Crippen LogP contribution in [0.4, 0.5) is 0 Å². The van der Waals surface area contributed by atoms with Gasteiger partial charge >= 0.3 is 0 Å². The fourth-order valence-electron chi connectivity index (χ4n) is 3.83. The molecule has 2 saturated heterocycles. The standard InChI is InChI=1S/2C9H18O/c2*1-7(2)9(8(3)4)5-6-10-9/h2*7-8H,5-6H2,1-4H3. The summed E-state index contributed by atoms with van der Waals surface area (Å²) in [6.07, 6.45) is 2.50. The van der Waals surface area contributed by atoms with Gasteiger partial charge in [-0.05, 0) is 23.7 Å². The molecular formula is C18H36O2. The van der Waals surface area contributed by atoms with E-state index in [0.29, 0.717) is 23.7 Å². The monoisotopic (exact) mass is 284 g/mol. The summed E-state index contributed by atoms with van der Waals surface area (Å²) in [5.74, 6) is 2.67. The summed E-state index contributed by atoms with van der Waals surface area (Å²) in [5, 5.41) is 0. The fourth-order valence-corrected chi connectivity index (χ4v) is 3.83. The van der Waals surface area contributed by atoms with Crippen LogP contribution in [0.5, 0.6) is 0 Å². The van der Waals surface area contributed by atoms with Crippen LogP contribution in [0.25, 0.3) is 0 Å². The Labute approximate surface area is 126 Å². The van der Waals surface area contributed by atoms with Gasteiger partial charge in [0.2, 0.25) is 0 Å². The van der Waals surface area contributed by atoms with Crippen molar-refractivity contribution in [1.82, 2.24) is 0 Å². The van der Waals surface area contributed by atoms with Crippen LogP contribution in [0.1, 0.15) is 68.2 Å². The molecule has 0 aromatic heterocycles. The van der Waals surface area contributed by atoms with Gasteiger partial charge in [0.1, 0.15) is 0 Å². The van der Waals surface area contributed by atoms with Gasteiger partial charge in [0.25, 0.3) is 0 Å². The van der Waals surface area contributed by atoms with E-state index in [4.69, 9.17) is 9.47 Å². The highest BCUT2D eigenvalue weighted by Crippen LogP contribution is 2.41. The van der Waals surface area contributed by atoms with Gasteiger partial charge in [-0.3, -0.25) is 0 Å². The summed E-state index contributed by atoms with van der Waals surface area (Å²) in [6, 6.07) is 0. The zero-order valence-electron chi connectivity index (χ0n) is 15.0. The summed E-state index contributed by atoms with van der Waals surface area (Å²) in [5.41, 5.74) is 0.444. The molecule has 20 heavy (non-hydrogen) atoms. The Balaban J connectivity index is 0.000000200. The van der Waals surface area contributed by atoms with Crippen LogP contribution in [0.15, 0.2) is 0 Å². The van der Waals surface area contributed by atoms with E-state index < -0.39 is 0 Å². The first-order valence-corrected chi connectivity index (χ1v) is 8.47. The average molecular weight is 284 g/mol. The first-order valence-electron chi connectivity index (χ1n) is 8.47. The van der Waals surface area contributed by atoms with Crippen molar-refractivity contribution in [3.63, 3.8) is 0 Å². The van der Waals surface area contributed by atoms with Gasteiger partial charge in [-0.1, -0.05) is 55.4 Å². The lowest BCUT2D eigenvalue weighted by molar-refractivity contribution is -0.200.